The van der Waals surface area contributed by atoms with E-state index in [1.807, 2.05) is 12.2 Å². The van der Waals surface area contributed by atoms with E-state index in [4.69, 9.17) is 28.5 Å². The van der Waals surface area contributed by atoms with Crippen molar-refractivity contribution in [2.75, 3.05) is 26.4 Å². The quantitative estimate of drug-likeness (QED) is 0.0157. The van der Waals surface area contributed by atoms with Crippen LogP contribution in [-0.4, -0.2) is 82.6 Å². The SMILES string of the molecule is CCCCCC1OC1C/C=C\C/C=C\C/C=C\CCCC(=O)OC[C@H](COP(=O)(O)OC[C@@H](O)COP(=O)(O)O)OC(=O)CCCCCCCCC(C)C. The van der Waals surface area contributed by atoms with Crippen molar-refractivity contribution >= 4 is 27.6 Å². The lowest BCUT2D eigenvalue weighted by atomic mass is 10.0. The summed E-state index contributed by atoms with van der Waals surface area (Å²) in [4.78, 5) is 52.4. The Hall–Kier alpha value is -1.70. The minimum Gasteiger partial charge on any atom is -0.462 e. The van der Waals surface area contributed by atoms with E-state index in [0.717, 1.165) is 44.9 Å². The van der Waals surface area contributed by atoms with E-state index < -0.39 is 66.2 Å². The molecule has 16 heteroatoms. The van der Waals surface area contributed by atoms with Gasteiger partial charge in [0.05, 0.1) is 32.0 Å². The van der Waals surface area contributed by atoms with Crippen LogP contribution in [0.4, 0.5) is 0 Å². The summed E-state index contributed by atoms with van der Waals surface area (Å²) in [5.41, 5.74) is 0. The number of allylic oxidation sites excluding steroid dienone is 5. The number of unbranched alkanes of at least 4 members (excludes halogenated alkanes) is 8. The molecule has 5 atom stereocenters. The summed E-state index contributed by atoms with van der Waals surface area (Å²) in [7, 11) is -9.68. The molecule has 0 radical (unpaired) electrons. The molecule has 314 valence electrons. The van der Waals surface area contributed by atoms with Crippen LogP contribution in [0.2, 0.25) is 0 Å². The summed E-state index contributed by atoms with van der Waals surface area (Å²) in [5, 5.41) is 9.70. The van der Waals surface area contributed by atoms with Crippen LogP contribution in [0.3, 0.4) is 0 Å². The van der Waals surface area contributed by atoms with Crippen LogP contribution in [0.25, 0.3) is 0 Å². The molecule has 1 fully saturated rings. The lowest BCUT2D eigenvalue weighted by molar-refractivity contribution is -0.161. The fourth-order valence-electron chi connectivity index (χ4n) is 5.26. The number of phosphoric acid groups is 2. The maximum atomic E-state index is 12.5. The van der Waals surface area contributed by atoms with E-state index in [9.17, 15) is 28.7 Å². The number of phosphoric ester groups is 2. The van der Waals surface area contributed by atoms with Gasteiger partial charge in [0.1, 0.15) is 12.7 Å². The monoisotopic (exact) mass is 810 g/mol. The smallest absolute Gasteiger partial charge is 0.462 e. The van der Waals surface area contributed by atoms with Crippen molar-refractivity contribution in [2.45, 2.75) is 161 Å². The number of hydrogen-bond acceptors (Lipinski definition) is 11. The lowest BCUT2D eigenvalue weighted by Crippen LogP contribution is -2.30. The summed E-state index contributed by atoms with van der Waals surface area (Å²) in [6.07, 6.45) is 26.6. The molecule has 1 aliphatic rings. The molecule has 54 heavy (non-hydrogen) atoms. The molecule has 0 saturated carbocycles. The maximum absolute atomic E-state index is 12.5. The summed E-state index contributed by atoms with van der Waals surface area (Å²) >= 11 is 0. The van der Waals surface area contributed by atoms with Crippen LogP contribution in [0, 0.1) is 5.92 Å². The van der Waals surface area contributed by atoms with E-state index in [1.54, 1.807) is 0 Å². The van der Waals surface area contributed by atoms with Gasteiger partial charge in [-0.3, -0.25) is 23.2 Å². The first-order valence-electron chi connectivity index (χ1n) is 19.7. The third-order valence-corrected chi connectivity index (χ3v) is 9.81. The molecule has 0 aromatic rings. The van der Waals surface area contributed by atoms with Gasteiger partial charge in [0.2, 0.25) is 0 Å². The highest BCUT2D eigenvalue weighted by Crippen LogP contribution is 2.44. The Kier molecular flexibility index (Phi) is 28.4. The second-order valence-electron chi connectivity index (χ2n) is 14.1. The van der Waals surface area contributed by atoms with Gasteiger partial charge in [0, 0.05) is 12.8 Å². The van der Waals surface area contributed by atoms with E-state index in [-0.39, 0.29) is 12.8 Å². The number of aliphatic hydroxyl groups is 1. The van der Waals surface area contributed by atoms with Gasteiger partial charge < -0.3 is 34.0 Å². The fourth-order valence-corrected chi connectivity index (χ4v) is 6.42. The Bertz CT molecular complexity index is 1180. The second kappa shape index (κ2) is 30.4. The Balaban J connectivity index is 2.40. The molecule has 1 saturated heterocycles. The van der Waals surface area contributed by atoms with Crippen molar-refractivity contribution in [1.29, 1.82) is 0 Å². The average Bonchev–Trinajstić information content (AvgIpc) is 3.86. The van der Waals surface area contributed by atoms with Gasteiger partial charge in [0.25, 0.3) is 0 Å². The van der Waals surface area contributed by atoms with Crippen molar-refractivity contribution in [1.82, 2.24) is 0 Å². The Morgan fingerprint density at radius 2 is 1.31 bits per heavy atom. The van der Waals surface area contributed by atoms with Crippen LogP contribution >= 0.6 is 15.6 Å². The van der Waals surface area contributed by atoms with Crippen molar-refractivity contribution in [3.63, 3.8) is 0 Å². The number of carbonyl (C=O) groups excluding carboxylic acids is 2. The largest absolute Gasteiger partial charge is 0.472 e. The number of carbonyl (C=O) groups is 2. The topological polar surface area (TPSA) is 208 Å². The predicted octanol–water partition coefficient (Wildman–Crippen LogP) is 8.18. The molecular weight excluding hydrogens is 742 g/mol. The second-order valence-corrected chi connectivity index (χ2v) is 16.8. The number of hydrogen-bond donors (Lipinski definition) is 4. The summed E-state index contributed by atoms with van der Waals surface area (Å²) in [6, 6.07) is 0. The summed E-state index contributed by atoms with van der Waals surface area (Å²) in [6.45, 7) is 3.83. The zero-order valence-electron chi connectivity index (χ0n) is 32.7. The molecule has 1 rings (SSSR count). The van der Waals surface area contributed by atoms with E-state index in [0.29, 0.717) is 37.4 Å². The van der Waals surface area contributed by atoms with Gasteiger partial charge >= 0.3 is 27.6 Å². The molecule has 1 aliphatic heterocycles. The van der Waals surface area contributed by atoms with Gasteiger partial charge in [0.15, 0.2) is 6.10 Å². The van der Waals surface area contributed by atoms with Crippen molar-refractivity contribution in [2.24, 2.45) is 5.92 Å². The first kappa shape index (κ1) is 50.3. The molecule has 0 spiro atoms. The number of aliphatic hydroxyl groups excluding tert-OH is 1. The van der Waals surface area contributed by atoms with Gasteiger partial charge in [-0.05, 0) is 50.9 Å². The highest BCUT2D eigenvalue weighted by atomic mass is 31.2. The van der Waals surface area contributed by atoms with Crippen LogP contribution < -0.4 is 0 Å². The van der Waals surface area contributed by atoms with E-state index in [2.05, 4.69) is 54.1 Å². The maximum Gasteiger partial charge on any atom is 0.472 e. The average molecular weight is 811 g/mol. The van der Waals surface area contributed by atoms with Crippen LogP contribution in [-0.2, 0) is 46.5 Å². The number of epoxide rings is 1. The minimum absolute atomic E-state index is 0.114. The number of rotatable bonds is 35. The van der Waals surface area contributed by atoms with Crippen LogP contribution in [0.15, 0.2) is 36.5 Å². The fraction of sp³-hybridized carbons (Fsp3) is 0.789. The normalized spacial score (nSPS) is 18.4. The lowest BCUT2D eigenvalue weighted by Gasteiger charge is -2.20. The molecule has 3 unspecified atom stereocenters. The third kappa shape index (κ3) is 31.5. The molecular formula is C38H68O14P2. The number of esters is 2. The molecule has 0 aromatic heterocycles. The minimum atomic E-state index is -4.86. The molecule has 14 nitrogen and oxygen atoms in total. The van der Waals surface area contributed by atoms with E-state index in [1.165, 1.54) is 38.5 Å². The first-order chi connectivity index (χ1) is 25.7. The highest BCUT2D eigenvalue weighted by molar-refractivity contribution is 7.47. The molecule has 0 aliphatic carbocycles. The summed E-state index contributed by atoms with van der Waals surface area (Å²) < 4.78 is 53.2. The van der Waals surface area contributed by atoms with Gasteiger partial charge in [-0.15, -0.1) is 0 Å². The van der Waals surface area contributed by atoms with Crippen molar-refractivity contribution < 1.29 is 66.3 Å². The standard InChI is InChI=1S/C38H68O14P2/c1-4-5-18-24-35-36(52-35)25-20-15-10-8-6-7-9-11-16-21-26-37(40)47-30-34(51-38(41)27-22-17-13-12-14-19-23-32(2)3)31-50-54(45,46)49-29-33(39)28-48-53(42,43)44/h6,8-9,11,15,20,32-36,39H,4-5,7,10,12-14,16-19,21-31H2,1-3H3,(H,45,46)(H2,42,43,44)/b8-6-,11-9-,20-15-/t33-,34+,35?,36?/m0/s1. The zero-order valence-corrected chi connectivity index (χ0v) is 34.5. The highest BCUT2D eigenvalue weighted by Gasteiger charge is 2.36. The van der Waals surface area contributed by atoms with Crippen LogP contribution in [0.1, 0.15) is 136 Å². The van der Waals surface area contributed by atoms with E-state index >= 15 is 0 Å². The molecule has 0 amide bonds. The van der Waals surface area contributed by atoms with Crippen LogP contribution in [0.5, 0.6) is 0 Å². The Morgan fingerprint density at radius 3 is 2.00 bits per heavy atom. The zero-order chi connectivity index (χ0) is 40.1. The first-order valence-corrected chi connectivity index (χ1v) is 22.7. The van der Waals surface area contributed by atoms with Crippen molar-refractivity contribution in [3.8, 4) is 0 Å². The molecule has 4 N–H and O–H groups in total. The molecule has 0 bridgehead atoms. The van der Waals surface area contributed by atoms with Gasteiger partial charge in [-0.2, -0.15) is 0 Å². The predicted molar refractivity (Wildman–Crippen MR) is 206 cm³/mol. The third-order valence-electron chi connectivity index (χ3n) is 8.37. The molecule has 0 aromatic carbocycles. The van der Waals surface area contributed by atoms with Crippen molar-refractivity contribution in [3.05, 3.63) is 36.5 Å². The Labute approximate surface area is 322 Å². The van der Waals surface area contributed by atoms with Gasteiger partial charge in [-0.25, -0.2) is 9.13 Å². The van der Waals surface area contributed by atoms with Gasteiger partial charge in [-0.1, -0.05) is 115 Å². The summed E-state index contributed by atoms with van der Waals surface area (Å²) in [5.74, 6) is -0.426. The Morgan fingerprint density at radius 1 is 0.704 bits per heavy atom. The molecule has 1 heterocycles. The number of ether oxygens (including phenoxy) is 3.